The molecular weight excluding hydrogens is 484 g/mol. The number of carbonyl (C=O) groups excluding carboxylic acids is 1. The molecule has 194 valence electrons. The van der Waals surface area contributed by atoms with Crippen molar-refractivity contribution in [3.8, 4) is 17.1 Å². The Labute approximate surface area is 210 Å². The Bertz CT molecular complexity index is 1470. The molecule has 1 saturated heterocycles. The fourth-order valence-electron chi connectivity index (χ4n) is 4.54. The van der Waals surface area contributed by atoms with Gasteiger partial charge in [0, 0.05) is 40.2 Å². The summed E-state index contributed by atoms with van der Waals surface area (Å²) in [7, 11) is -0.218. The average Bonchev–Trinajstić information content (AvgIpc) is 3.15. The first-order valence-electron chi connectivity index (χ1n) is 12.1. The molecule has 0 spiro atoms. The van der Waals surface area contributed by atoms with Crippen LogP contribution in [0.3, 0.4) is 0 Å². The Morgan fingerprint density at radius 3 is 2.39 bits per heavy atom. The van der Waals surface area contributed by atoms with E-state index in [1.807, 2.05) is 14.0 Å². The Kier molecular flexibility index (Phi) is 7.30. The van der Waals surface area contributed by atoms with E-state index in [1.165, 1.54) is 32.6 Å². The van der Waals surface area contributed by atoms with Gasteiger partial charge in [-0.05, 0) is 38.6 Å². The number of aryl methyl sites for hydroxylation is 2. The number of aromatic nitrogens is 4. The molecule has 0 bridgehead atoms. The van der Waals surface area contributed by atoms with Gasteiger partial charge in [-0.25, -0.2) is 8.42 Å². The molecule has 4 rings (SSSR count). The molecule has 0 radical (unpaired) electrons. The van der Waals surface area contributed by atoms with Crippen molar-refractivity contribution in [2.75, 3.05) is 39.8 Å². The Morgan fingerprint density at radius 1 is 1.08 bits per heavy atom. The van der Waals surface area contributed by atoms with Crippen molar-refractivity contribution >= 4 is 27.0 Å². The van der Waals surface area contributed by atoms with E-state index in [-0.39, 0.29) is 27.7 Å². The molecule has 0 N–H and O–H groups in total. The number of rotatable bonds is 7. The molecule has 1 aliphatic rings. The summed E-state index contributed by atoms with van der Waals surface area (Å²) in [5.41, 5.74) is 0.913. The van der Waals surface area contributed by atoms with Gasteiger partial charge >= 0.3 is 0 Å². The molecule has 1 fully saturated rings. The maximum atomic E-state index is 13.5. The van der Waals surface area contributed by atoms with Crippen LogP contribution in [0, 0.1) is 0 Å². The third-order valence-electron chi connectivity index (χ3n) is 6.33. The van der Waals surface area contributed by atoms with Gasteiger partial charge in [-0.1, -0.05) is 13.3 Å². The lowest BCUT2D eigenvalue weighted by molar-refractivity contribution is 0.0941. The summed E-state index contributed by atoms with van der Waals surface area (Å²) in [6.45, 7) is 7.48. The van der Waals surface area contributed by atoms with Crippen LogP contribution < -0.4 is 10.3 Å². The number of hydrogen-bond donors (Lipinski definition) is 0. The zero-order valence-corrected chi connectivity index (χ0v) is 22.1. The van der Waals surface area contributed by atoms with Gasteiger partial charge in [0.05, 0.1) is 22.8 Å². The smallest absolute Gasteiger partial charge is 0.299 e. The minimum absolute atomic E-state index is 0.0317. The standard InChI is InChI=1S/C24H32N6O5S/c1-6-8-19-21-22(28(5)26-19)24(32)25-23(30(21)16(3)31)18-15-17(9-10-20(18)35-7-2)36(33,34)29-13-11-27(4)12-14-29/h9-10,15H,6-8,11-14H2,1-5H3. The van der Waals surface area contributed by atoms with Gasteiger partial charge < -0.3 is 9.64 Å². The van der Waals surface area contributed by atoms with Crippen LogP contribution in [0.25, 0.3) is 22.4 Å². The first kappa shape index (κ1) is 26.0. The maximum absolute atomic E-state index is 13.5. The van der Waals surface area contributed by atoms with Crippen molar-refractivity contribution in [2.24, 2.45) is 7.05 Å². The highest BCUT2D eigenvalue weighted by atomic mass is 32.2. The Hall–Kier alpha value is -3.09. The third-order valence-corrected chi connectivity index (χ3v) is 8.23. The summed E-state index contributed by atoms with van der Waals surface area (Å²) < 4.78 is 37.0. The molecule has 1 aromatic carbocycles. The lowest BCUT2D eigenvalue weighted by atomic mass is 10.1. The maximum Gasteiger partial charge on any atom is 0.299 e. The number of carbonyl (C=O) groups is 1. The quantitative estimate of drug-likeness (QED) is 0.466. The SMILES string of the molecule is CCCc1nn(C)c2c(=O)nc(-c3cc(S(=O)(=O)N4CCN(C)CC4)ccc3OCC)n(C(C)=O)c12. The van der Waals surface area contributed by atoms with E-state index in [4.69, 9.17) is 4.74 Å². The number of likely N-dealkylation sites (N-methyl/N-ethyl adjacent to an activating group) is 1. The summed E-state index contributed by atoms with van der Waals surface area (Å²) in [4.78, 5) is 32.5. The molecule has 0 saturated carbocycles. The van der Waals surface area contributed by atoms with Crippen molar-refractivity contribution in [3.05, 3.63) is 34.2 Å². The van der Waals surface area contributed by atoms with Crippen LogP contribution >= 0.6 is 0 Å². The van der Waals surface area contributed by atoms with Gasteiger partial charge in [-0.3, -0.25) is 18.8 Å². The van der Waals surface area contributed by atoms with E-state index >= 15 is 0 Å². The predicted octanol–water partition coefficient (Wildman–Crippen LogP) is 1.74. The van der Waals surface area contributed by atoms with Gasteiger partial charge in [-0.2, -0.15) is 14.4 Å². The predicted molar refractivity (Wildman–Crippen MR) is 136 cm³/mol. The molecule has 2 aromatic heterocycles. The molecule has 12 heteroatoms. The Morgan fingerprint density at radius 2 is 1.78 bits per heavy atom. The summed E-state index contributed by atoms with van der Waals surface area (Å²) in [6, 6.07) is 4.49. The van der Waals surface area contributed by atoms with Gasteiger partial charge in [0.2, 0.25) is 15.9 Å². The van der Waals surface area contributed by atoms with Crippen LogP contribution in [0.15, 0.2) is 27.9 Å². The fourth-order valence-corrected chi connectivity index (χ4v) is 5.99. The number of nitrogens with zero attached hydrogens (tertiary/aromatic N) is 6. The molecule has 36 heavy (non-hydrogen) atoms. The van der Waals surface area contributed by atoms with Crippen LogP contribution in [-0.2, 0) is 23.5 Å². The van der Waals surface area contributed by atoms with E-state index in [9.17, 15) is 18.0 Å². The van der Waals surface area contributed by atoms with E-state index in [1.54, 1.807) is 20.0 Å². The lowest BCUT2D eigenvalue weighted by Gasteiger charge is -2.31. The van der Waals surface area contributed by atoms with Crippen LogP contribution in [0.4, 0.5) is 0 Å². The zero-order chi connectivity index (χ0) is 26.2. The van der Waals surface area contributed by atoms with Crippen LogP contribution in [-0.4, -0.2) is 82.7 Å². The van der Waals surface area contributed by atoms with Crippen LogP contribution in [0.5, 0.6) is 5.75 Å². The van der Waals surface area contributed by atoms with E-state index < -0.39 is 15.6 Å². The molecule has 0 atom stereocenters. The van der Waals surface area contributed by atoms with Crippen LogP contribution in [0.2, 0.25) is 0 Å². The second-order valence-corrected chi connectivity index (χ2v) is 10.8. The first-order chi connectivity index (χ1) is 17.1. The van der Waals surface area contributed by atoms with E-state index in [2.05, 4.69) is 15.0 Å². The highest BCUT2D eigenvalue weighted by molar-refractivity contribution is 7.89. The highest BCUT2D eigenvalue weighted by Crippen LogP contribution is 2.34. The molecule has 1 aliphatic heterocycles. The van der Waals surface area contributed by atoms with E-state index in [0.29, 0.717) is 56.2 Å². The van der Waals surface area contributed by atoms with Gasteiger partial charge in [0.25, 0.3) is 5.56 Å². The summed E-state index contributed by atoms with van der Waals surface area (Å²) >= 11 is 0. The topological polar surface area (TPSA) is 120 Å². The van der Waals surface area contributed by atoms with Crippen molar-refractivity contribution in [2.45, 2.75) is 38.5 Å². The second-order valence-electron chi connectivity index (χ2n) is 8.91. The molecule has 11 nitrogen and oxygen atoms in total. The van der Waals surface area contributed by atoms with Crippen molar-refractivity contribution < 1.29 is 17.9 Å². The number of hydrogen-bond acceptors (Lipinski definition) is 8. The van der Waals surface area contributed by atoms with E-state index in [0.717, 1.165) is 6.42 Å². The second kappa shape index (κ2) is 10.1. The zero-order valence-electron chi connectivity index (χ0n) is 21.3. The molecule has 3 aromatic rings. The molecular formula is C24H32N6O5S. The van der Waals surface area contributed by atoms with Crippen molar-refractivity contribution in [1.82, 2.24) is 28.5 Å². The monoisotopic (exact) mass is 516 g/mol. The van der Waals surface area contributed by atoms with Gasteiger partial charge in [0.1, 0.15) is 11.3 Å². The summed E-state index contributed by atoms with van der Waals surface area (Å²) in [5.74, 6) is -0.0103. The number of ether oxygens (including phenoxy) is 1. The summed E-state index contributed by atoms with van der Waals surface area (Å²) in [6.07, 6.45) is 1.32. The fraction of sp³-hybridized carbons (Fsp3) is 0.500. The molecule has 0 unspecified atom stereocenters. The van der Waals surface area contributed by atoms with Crippen molar-refractivity contribution in [1.29, 1.82) is 0 Å². The average molecular weight is 517 g/mol. The van der Waals surface area contributed by atoms with Gasteiger partial charge in [-0.15, -0.1) is 0 Å². The molecule has 0 amide bonds. The lowest BCUT2D eigenvalue weighted by Crippen LogP contribution is -2.47. The largest absolute Gasteiger partial charge is 0.493 e. The molecule has 0 aliphatic carbocycles. The van der Waals surface area contributed by atoms with Gasteiger partial charge in [0.15, 0.2) is 11.3 Å². The first-order valence-corrected chi connectivity index (χ1v) is 13.5. The number of sulfonamides is 1. The minimum Gasteiger partial charge on any atom is -0.493 e. The highest BCUT2D eigenvalue weighted by Gasteiger charge is 2.30. The van der Waals surface area contributed by atoms with Crippen molar-refractivity contribution in [3.63, 3.8) is 0 Å². The Balaban J connectivity index is 1.99. The third kappa shape index (κ3) is 4.56. The molecule has 3 heterocycles. The minimum atomic E-state index is -3.81. The normalized spacial score (nSPS) is 15.5. The number of fused-ring (bicyclic) bond motifs is 1. The number of piperazine rings is 1. The van der Waals surface area contributed by atoms with Crippen LogP contribution in [0.1, 0.15) is 37.7 Å². The summed E-state index contributed by atoms with van der Waals surface area (Å²) in [5, 5.41) is 4.47. The number of benzene rings is 1.